The minimum Gasteiger partial charge on any atom is -0.496 e. The highest BCUT2D eigenvalue weighted by atomic mass is 16.5. The summed E-state index contributed by atoms with van der Waals surface area (Å²) in [7, 11) is 3.66. The Morgan fingerprint density at radius 2 is 2.00 bits per heavy atom. The van der Waals surface area contributed by atoms with Gasteiger partial charge in [0.2, 0.25) is 0 Å². The third kappa shape index (κ3) is 3.24. The van der Waals surface area contributed by atoms with Gasteiger partial charge in [-0.3, -0.25) is 5.32 Å². The SMILES string of the molecule is CNCc1cc(Cc2ccc3c(c2)CNCO3)ccc1OC. The van der Waals surface area contributed by atoms with Crippen LogP contribution in [0.25, 0.3) is 0 Å². The van der Waals surface area contributed by atoms with E-state index >= 15 is 0 Å². The molecule has 1 heterocycles. The van der Waals surface area contributed by atoms with Crippen molar-refractivity contribution in [1.82, 2.24) is 10.6 Å². The molecule has 0 saturated carbocycles. The predicted octanol–water partition coefficient (Wildman–Crippen LogP) is 2.44. The molecule has 22 heavy (non-hydrogen) atoms. The first kappa shape index (κ1) is 14.9. The molecule has 0 amide bonds. The fourth-order valence-electron chi connectivity index (χ4n) is 2.84. The summed E-state index contributed by atoms with van der Waals surface area (Å²) in [5.41, 5.74) is 5.00. The molecule has 0 spiro atoms. The summed E-state index contributed by atoms with van der Waals surface area (Å²) in [6.45, 7) is 2.27. The summed E-state index contributed by atoms with van der Waals surface area (Å²) in [6, 6.07) is 12.8. The number of benzene rings is 2. The number of methoxy groups -OCH3 is 1. The molecule has 0 aliphatic carbocycles. The standard InChI is InChI=1S/C18H22N2O2/c1-19-10-15-8-13(3-5-17(15)21-2)7-14-4-6-18-16(9-14)11-20-12-22-18/h3-6,8-9,19-20H,7,10-12H2,1-2H3. The molecule has 0 saturated heterocycles. The Labute approximate surface area is 131 Å². The second-order valence-corrected chi connectivity index (χ2v) is 5.51. The zero-order chi connectivity index (χ0) is 15.4. The van der Waals surface area contributed by atoms with Crippen molar-refractivity contribution in [2.24, 2.45) is 0 Å². The zero-order valence-corrected chi connectivity index (χ0v) is 13.1. The molecule has 1 aliphatic rings. The van der Waals surface area contributed by atoms with E-state index in [-0.39, 0.29) is 0 Å². The number of hydrogen-bond donors (Lipinski definition) is 2. The second kappa shape index (κ2) is 6.81. The maximum Gasteiger partial charge on any atom is 0.139 e. The van der Waals surface area contributed by atoms with E-state index in [0.717, 1.165) is 31.0 Å². The Kier molecular flexibility index (Phi) is 4.61. The van der Waals surface area contributed by atoms with E-state index < -0.39 is 0 Å². The van der Waals surface area contributed by atoms with Gasteiger partial charge in [-0.15, -0.1) is 0 Å². The molecule has 0 aromatic heterocycles. The molecule has 2 aromatic carbocycles. The molecule has 0 unspecified atom stereocenters. The number of nitrogens with one attached hydrogen (secondary N) is 2. The van der Waals surface area contributed by atoms with E-state index in [4.69, 9.17) is 9.47 Å². The molecular weight excluding hydrogens is 276 g/mol. The maximum atomic E-state index is 5.57. The van der Waals surface area contributed by atoms with Crippen LogP contribution in [0.5, 0.6) is 11.5 Å². The average molecular weight is 298 g/mol. The lowest BCUT2D eigenvalue weighted by Gasteiger charge is -2.19. The summed E-state index contributed by atoms with van der Waals surface area (Å²) in [5.74, 6) is 1.93. The molecule has 4 heteroatoms. The molecule has 0 radical (unpaired) electrons. The van der Waals surface area contributed by atoms with E-state index in [9.17, 15) is 0 Å². The van der Waals surface area contributed by atoms with Crippen LogP contribution in [0.2, 0.25) is 0 Å². The number of ether oxygens (including phenoxy) is 2. The molecule has 4 nitrogen and oxygen atoms in total. The topological polar surface area (TPSA) is 42.5 Å². The Bertz CT molecular complexity index is 656. The Morgan fingerprint density at radius 1 is 1.18 bits per heavy atom. The number of fused-ring (bicyclic) bond motifs is 1. The maximum absolute atomic E-state index is 5.57. The van der Waals surface area contributed by atoms with Crippen LogP contribution in [-0.2, 0) is 19.5 Å². The van der Waals surface area contributed by atoms with Gasteiger partial charge in [0.1, 0.15) is 18.2 Å². The van der Waals surface area contributed by atoms with Gasteiger partial charge in [0.15, 0.2) is 0 Å². The Balaban J connectivity index is 1.82. The van der Waals surface area contributed by atoms with Gasteiger partial charge in [-0.05, 0) is 36.7 Å². The first-order valence-electron chi connectivity index (χ1n) is 7.56. The van der Waals surface area contributed by atoms with E-state index in [1.54, 1.807) is 7.11 Å². The third-order valence-corrected chi connectivity index (χ3v) is 3.89. The highest BCUT2D eigenvalue weighted by Gasteiger charge is 2.11. The third-order valence-electron chi connectivity index (χ3n) is 3.89. The lowest BCUT2D eigenvalue weighted by atomic mass is 10.00. The van der Waals surface area contributed by atoms with E-state index in [1.807, 2.05) is 13.1 Å². The van der Waals surface area contributed by atoms with Gasteiger partial charge in [-0.2, -0.15) is 0 Å². The molecule has 116 valence electrons. The predicted molar refractivity (Wildman–Crippen MR) is 87.3 cm³/mol. The molecular formula is C18H22N2O2. The zero-order valence-electron chi connectivity index (χ0n) is 13.1. The summed E-state index contributed by atoms with van der Waals surface area (Å²) in [6.07, 6.45) is 0.911. The van der Waals surface area contributed by atoms with Crippen LogP contribution in [-0.4, -0.2) is 20.9 Å². The smallest absolute Gasteiger partial charge is 0.139 e. The fourth-order valence-corrected chi connectivity index (χ4v) is 2.84. The Hall–Kier alpha value is -2.04. The van der Waals surface area contributed by atoms with Crippen molar-refractivity contribution >= 4 is 0 Å². The number of hydrogen-bond acceptors (Lipinski definition) is 4. The van der Waals surface area contributed by atoms with Gasteiger partial charge in [0.25, 0.3) is 0 Å². The van der Waals surface area contributed by atoms with Crippen LogP contribution >= 0.6 is 0 Å². The lowest BCUT2D eigenvalue weighted by Crippen LogP contribution is -2.25. The monoisotopic (exact) mass is 298 g/mol. The summed E-state index contributed by atoms with van der Waals surface area (Å²) < 4.78 is 11.0. The highest BCUT2D eigenvalue weighted by Crippen LogP contribution is 2.25. The van der Waals surface area contributed by atoms with Gasteiger partial charge < -0.3 is 14.8 Å². The van der Waals surface area contributed by atoms with Gasteiger partial charge in [-0.25, -0.2) is 0 Å². The minimum absolute atomic E-state index is 0.595. The van der Waals surface area contributed by atoms with E-state index in [0.29, 0.717) is 6.73 Å². The summed E-state index contributed by atoms with van der Waals surface area (Å²) in [4.78, 5) is 0. The first-order chi connectivity index (χ1) is 10.8. The van der Waals surface area contributed by atoms with Crippen LogP contribution in [0.1, 0.15) is 22.3 Å². The van der Waals surface area contributed by atoms with Gasteiger partial charge in [-0.1, -0.05) is 24.3 Å². The largest absolute Gasteiger partial charge is 0.496 e. The molecule has 2 aromatic rings. The van der Waals surface area contributed by atoms with Crippen LogP contribution in [0.3, 0.4) is 0 Å². The van der Waals surface area contributed by atoms with Gasteiger partial charge in [0, 0.05) is 24.2 Å². The summed E-state index contributed by atoms with van der Waals surface area (Å²) in [5, 5.41) is 6.41. The van der Waals surface area contributed by atoms with Crippen LogP contribution in [0.15, 0.2) is 36.4 Å². The lowest BCUT2D eigenvalue weighted by molar-refractivity contribution is 0.257. The van der Waals surface area contributed by atoms with Crippen molar-refractivity contribution in [3.05, 3.63) is 58.7 Å². The van der Waals surface area contributed by atoms with Crippen molar-refractivity contribution in [1.29, 1.82) is 0 Å². The van der Waals surface area contributed by atoms with Crippen molar-refractivity contribution in [3.63, 3.8) is 0 Å². The van der Waals surface area contributed by atoms with Crippen molar-refractivity contribution in [2.75, 3.05) is 20.9 Å². The first-order valence-corrected chi connectivity index (χ1v) is 7.56. The van der Waals surface area contributed by atoms with Crippen LogP contribution < -0.4 is 20.1 Å². The fraction of sp³-hybridized carbons (Fsp3) is 0.333. The number of rotatable bonds is 5. The van der Waals surface area contributed by atoms with Crippen molar-refractivity contribution in [3.8, 4) is 11.5 Å². The Morgan fingerprint density at radius 3 is 2.82 bits per heavy atom. The van der Waals surface area contributed by atoms with Gasteiger partial charge in [0.05, 0.1) is 7.11 Å². The van der Waals surface area contributed by atoms with Crippen molar-refractivity contribution in [2.45, 2.75) is 19.5 Å². The van der Waals surface area contributed by atoms with Crippen molar-refractivity contribution < 1.29 is 9.47 Å². The minimum atomic E-state index is 0.595. The molecule has 0 fully saturated rings. The normalized spacial score (nSPS) is 13.4. The molecule has 1 aliphatic heterocycles. The van der Waals surface area contributed by atoms with E-state index in [1.165, 1.54) is 22.3 Å². The summed E-state index contributed by atoms with van der Waals surface area (Å²) >= 11 is 0. The van der Waals surface area contributed by atoms with Gasteiger partial charge >= 0.3 is 0 Å². The van der Waals surface area contributed by atoms with E-state index in [2.05, 4.69) is 41.0 Å². The average Bonchev–Trinajstić information content (AvgIpc) is 2.55. The second-order valence-electron chi connectivity index (χ2n) is 5.51. The van der Waals surface area contributed by atoms with Crippen LogP contribution in [0, 0.1) is 0 Å². The highest BCUT2D eigenvalue weighted by molar-refractivity contribution is 5.42. The van der Waals surface area contributed by atoms with Crippen LogP contribution in [0.4, 0.5) is 0 Å². The molecule has 3 rings (SSSR count). The molecule has 0 bridgehead atoms. The quantitative estimate of drug-likeness (QED) is 0.890. The molecule has 0 atom stereocenters. The molecule has 2 N–H and O–H groups in total.